The second-order valence-electron chi connectivity index (χ2n) is 5.98. The number of rotatable bonds is 1. The maximum Gasteiger partial charge on any atom is 0.257 e. The number of amidine groups is 1. The van der Waals surface area contributed by atoms with Gasteiger partial charge < -0.3 is 14.2 Å². The van der Waals surface area contributed by atoms with E-state index in [1.54, 1.807) is 6.26 Å². The summed E-state index contributed by atoms with van der Waals surface area (Å²) in [5.74, 6) is 0.0592. The van der Waals surface area contributed by atoms with Crippen molar-refractivity contribution in [2.24, 2.45) is 4.99 Å². The highest BCUT2D eigenvalue weighted by atomic mass is 32.2. The van der Waals surface area contributed by atoms with Crippen molar-refractivity contribution in [2.45, 2.75) is 12.2 Å². The summed E-state index contributed by atoms with van der Waals surface area (Å²) in [6, 6.07) is 7.68. The van der Waals surface area contributed by atoms with E-state index in [9.17, 15) is 4.79 Å². The smallest absolute Gasteiger partial charge is 0.257 e. The summed E-state index contributed by atoms with van der Waals surface area (Å²) in [6.45, 7) is 6.25. The standard InChI is InChI=1S/C17H19N3O2S/c1-12-10-18-17(23-12)20-8-6-19(7-9-20)16(21)14-11-22-15-5-3-2-4-13(14)15/h2-5,11-12H,6-10H2,1H3/t12-/m1/s1. The molecule has 1 aromatic heterocycles. The molecule has 23 heavy (non-hydrogen) atoms. The topological polar surface area (TPSA) is 49.0 Å². The molecule has 0 spiro atoms. The highest BCUT2D eigenvalue weighted by Crippen LogP contribution is 2.25. The lowest BCUT2D eigenvalue weighted by atomic mass is 10.1. The Morgan fingerprint density at radius 1 is 1.26 bits per heavy atom. The van der Waals surface area contributed by atoms with E-state index in [-0.39, 0.29) is 5.91 Å². The Bertz CT molecular complexity index is 762. The number of hydrogen-bond acceptors (Lipinski definition) is 5. The zero-order valence-corrected chi connectivity index (χ0v) is 13.9. The number of fused-ring (bicyclic) bond motifs is 1. The van der Waals surface area contributed by atoms with Crippen LogP contribution in [0.1, 0.15) is 17.3 Å². The van der Waals surface area contributed by atoms with Gasteiger partial charge in [-0.25, -0.2) is 0 Å². The Hall–Kier alpha value is -1.95. The first-order valence-corrected chi connectivity index (χ1v) is 8.82. The molecule has 1 saturated heterocycles. The summed E-state index contributed by atoms with van der Waals surface area (Å²) in [7, 11) is 0. The normalized spacial score (nSPS) is 21.8. The number of thioether (sulfide) groups is 1. The molecule has 2 aliphatic rings. The van der Waals surface area contributed by atoms with E-state index in [2.05, 4.69) is 16.8 Å². The van der Waals surface area contributed by atoms with Crippen LogP contribution in [0.3, 0.4) is 0 Å². The fourth-order valence-electron chi connectivity index (χ4n) is 3.05. The third-order valence-electron chi connectivity index (χ3n) is 4.34. The van der Waals surface area contributed by atoms with E-state index in [0.29, 0.717) is 10.8 Å². The molecule has 2 aromatic rings. The first-order valence-electron chi connectivity index (χ1n) is 7.94. The van der Waals surface area contributed by atoms with Gasteiger partial charge in [-0.3, -0.25) is 9.79 Å². The maximum absolute atomic E-state index is 12.8. The number of furan rings is 1. The largest absolute Gasteiger partial charge is 0.463 e. The van der Waals surface area contributed by atoms with Gasteiger partial charge in [-0.15, -0.1) is 0 Å². The van der Waals surface area contributed by atoms with Gasteiger partial charge in [-0.05, 0) is 6.07 Å². The van der Waals surface area contributed by atoms with Gasteiger partial charge in [0.1, 0.15) is 11.8 Å². The molecule has 0 aliphatic carbocycles. The van der Waals surface area contributed by atoms with Crippen LogP contribution in [0.4, 0.5) is 0 Å². The van der Waals surface area contributed by atoms with Gasteiger partial charge in [0.2, 0.25) is 0 Å². The van der Waals surface area contributed by atoms with Gasteiger partial charge in [0.15, 0.2) is 5.17 Å². The maximum atomic E-state index is 12.8. The third kappa shape index (κ3) is 2.72. The molecule has 4 rings (SSSR count). The van der Waals surface area contributed by atoms with Crippen LogP contribution in [0.25, 0.3) is 11.0 Å². The molecule has 1 atom stereocenters. The lowest BCUT2D eigenvalue weighted by Crippen LogP contribution is -2.49. The Labute approximate surface area is 139 Å². The van der Waals surface area contributed by atoms with Crippen molar-refractivity contribution >= 4 is 33.8 Å². The zero-order chi connectivity index (χ0) is 15.8. The number of nitrogens with zero attached hydrogens (tertiary/aromatic N) is 3. The second-order valence-corrected chi connectivity index (χ2v) is 7.38. The van der Waals surface area contributed by atoms with E-state index in [1.807, 2.05) is 40.9 Å². The van der Waals surface area contributed by atoms with E-state index >= 15 is 0 Å². The fourth-order valence-corrected chi connectivity index (χ4v) is 4.04. The van der Waals surface area contributed by atoms with E-state index in [0.717, 1.165) is 48.9 Å². The average Bonchev–Trinajstić information content (AvgIpc) is 3.21. The number of amides is 1. The van der Waals surface area contributed by atoms with Crippen molar-refractivity contribution < 1.29 is 9.21 Å². The number of benzene rings is 1. The summed E-state index contributed by atoms with van der Waals surface area (Å²) in [4.78, 5) is 21.6. The lowest BCUT2D eigenvalue weighted by molar-refractivity contribution is 0.0694. The summed E-state index contributed by atoms with van der Waals surface area (Å²) < 4.78 is 5.49. The molecule has 0 bridgehead atoms. The van der Waals surface area contributed by atoms with Gasteiger partial charge in [0.05, 0.1) is 12.1 Å². The molecule has 1 amide bonds. The van der Waals surface area contributed by atoms with Crippen LogP contribution < -0.4 is 0 Å². The first kappa shape index (κ1) is 14.6. The van der Waals surface area contributed by atoms with Gasteiger partial charge in [0.25, 0.3) is 5.91 Å². The molecule has 0 unspecified atom stereocenters. The predicted molar refractivity (Wildman–Crippen MR) is 93.0 cm³/mol. The summed E-state index contributed by atoms with van der Waals surface area (Å²) >= 11 is 1.84. The van der Waals surface area contributed by atoms with Crippen LogP contribution in [0.2, 0.25) is 0 Å². The van der Waals surface area contributed by atoms with Gasteiger partial charge >= 0.3 is 0 Å². The number of carbonyl (C=O) groups is 1. The molecule has 2 aliphatic heterocycles. The Balaban J connectivity index is 1.45. The van der Waals surface area contributed by atoms with Crippen molar-refractivity contribution in [3.05, 3.63) is 36.1 Å². The molecule has 6 heteroatoms. The summed E-state index contributed by atoms with van der Waals surface area (Å²) in [6.07, 6.45) is 1.58. The minimum absolute atomic E-state index is 0.0592. The van der Waals surface area contributed by atoms with Crippen molar-refractivity contribution in [1.29, 1.82) is 0 Å². The van der Waals surface area contributed by atoms with Crippen molar-refractivity contribution in [3.63, 3.8) is 0 Å². The monoisotopic (exact) mass is 329 g/mol. The minimum atomic E-state index is 0.0592. The molecule has 1 fully saturated rings. The van der Waals surface area contributed by atoms with Crippen LogP contribution in [0, 0.1) is 0 Å². The number of carbonyl (C=O) groups excluding carboxylic acids is 1. The molecule has 0 saturated carbocycles. The molecule has 0 radical (unpaired) electrons. The van der Waals surface area contributed by atoms with Crippen molar-refractivity contribution in [2.75, 3.05) is 32.7 Å². The first-order chi connectivity index (χ1) is 11.2. The van der Waals surface area contributed by atoms with Gasteiger partial charge in [-0.1, -0.05) is 36.9 Å². The molecular weight excluding hydrogens is 310 g/mol. The minimum Gasteiger partial charge on any atom is -0.463 e. The molecule has 1 aromatic carbocycles. The van der Waals surface area contributed by atoms with Gasteiger partial charge in [-0.2, -0.15) is 0 Å². The van der Waals surface area contributed by atoms with Gasteiger partial charge in [0, 0.05) is 36.8 Å². The lowest BCUT2D eigenvalue weighted by Gasteiger charge is -2.35. The number of aliphatic imine (C=N–C) groups is 1. The molecule has 3 heterocycles. The summed E-state index contributed by atoms with van der Waals surface area (Å²) in [5.41, 5.74) is 1.43. The Kier molecular flexibility index (Phi) is 3.77. The molecule has 0 N–H and O–H groups in total. The molecular formula is C17H19N3O2S. The van der Waals surface area contributed by atoms with E-state index < -0.39 is 0 Å². The Morgan fingerprint density at radius 2 is 2.04 bits per heavy atom. The molecule has 5 nitrogen and oxygen atoms in total. The number of hydrogen-bond donors (Lipinski definition) is 0. The predicted octanol–water partition coefficient (Wildman–Crippen LogP) is 2.68. The van der Waals surface area contributed by atoms with Crippen molar-refractivity contribution in [1.82, 2.24) is 9.80 Å². The highest BCUT2D eigenvalue weighted by Gasteiger charge is 2.28. The quantitative estimate of drug-likeness (QED) is 0.807. The third-order valence-corrected chi connectivity index (χ3v) is 5.49. The average molecular weight is 329 g/mol. The molecule has 120 valence electrons. The van der Waals surface area contributed by atoms with Crippen LogP contribution in [0.5, 0.6) is 0 Å². The van der Waals surface area contributed by atoms with Crippen LogP contribution in [-0.4, -0.2) is 58.8 Å². The van der Waals surface area contributed by atoms with E-state index in [1.165, 1.54) is 0 Å². The van der Waals surface area contributed by atoms with Crippen LogP contribution >= 0.6 is 11.8 Å². The SMILES string of the molecule is C[C@@H]1CN=C(N2CCN(C(=O)c3coc4ccccc34)CC2)S1. The highest BCUT2D eigenvalue weighted by molar-refractivity contribution is 8.14. The fraction of sp³-hybridized carbons (Fsp3) is 0.412. The van der Waals surface area contributed by atoms with Crippen molar-refractivity contribution in [3.8, 4) is 0 Å². The number of para-hydroxylation sites is 1. The van der Waals surface area contributed by atoms with E-state index in [4.69, 9.17) is 4.42 Å². The second kappa shape index (κ2) is 5.92. The van der Waals surface area contributed by atoms with Crippen LogP contribution in [0.15, 0.2) is 39.9 Å². The Morgan fingerprint density at radius 3 is 2.78 bits per heavy atom. The van der Waals surface area contributed by atoms with Crippen LogP contribution in [-0.2, 0) is 0 Å². The summed E-state index contributed by atoms with van der Waals surface area (Å²) in [5, 5.41) is 2.60. The zero-order valence-electron chi connectivity index (χ0n) is 13.1. The number of piperazine rings is 1.